The minimum Gasteiger partial charge on any atom is -0.366 e. The minimum absolute atomic E-state index is 0.290. The molecule has 1 atom stereocenters. The molecule has 0 bridgehead atoms. The van der Waals surface area contributed by atoms with Crippen LogP contribution in [0.1, 0.15) is 42.1 Å². The van der Waals surface area contributed by atoms with Crippen molar-refractivity contribution in [2.24, 2.45) is 5.73 Å². The van der Waals surface area contributed by atoms with Gasteiger partial charge in [-0.3, -0.25) is 4.79 Å². The summed E-state index contributed by atoms with van der Waals surface area (Å²) in [4.78, 5) is 25.0. The van der Waals surface area contributed by atoms with Crippen molar-refractivity contribution in [1.29, 1.82) is 0 Å². The first-order chi connectivity index (χ1) is 13.5. The van der Waals surface area contributed by atoms with Gasteiger partial charge in [-0.15, -0.1) is 0 Å². The van der Waals surface area contributed by atoms with Crippen molar-refractivity contribution in [2.45, 2.75) is 39.2 Å². The first-order valence-electron chi connectivity index (χ1n) is 9.70. The molecule has 0 aliphatic carbocycles. The number of nitrogens with zero attached hydrogens (tertiary/aromatic N) is 3. The van der Waals surface area contributed by atoms with Crippen molar-refractivity contribution in [3.8, 4) is 0 Å². The molecule has 0 unspecified atom stereocenters. The molecule has 6 N–H and O–H groups in total. The molecule has 1 amide bonds. The van der Waals surface area contributed by atoms with Crippen molar-refractivity contribution < 1.29 is 4.79 Å². The highest BCUT2D eigenvalue weighted by molar-refractivity contribution is 5.94. The third-order valence-electron chi connectivity index (χ3n) is 4.61. The van der Waals surface area contributed by atoms with Gasteiger partial charge in [-0.1, -0.05) is 19.4 Å². The van der Waals surface area contributed by atoms with Crippen molar-refractivity contribution in [3.05, 3.63) is 29.3 Å². The van der Waals surface area contributed by atoms with Gasteiger partial charge in [0, 0.05) is 30.4 Å². The van der Waals surface area contributed by atoms with Gasteiger partial charge < -0.3 is 27.0 Å². The van der Waals surface area contributed by atoms with Crippen molar-refractivity contribution in [2.75, 3.05) is 35.6 Å². The van der Waals surface area contributed by atoms with E-state index in [2.05, 4.69) is 43.1 Å². The van der Waals surface area contributed by atoms with Gasteiger partial charge in [0.1, 0.15) is 0 Å². The van der Waals surface area contributed by atoms with Crippen LogP contribution in [0.3, 0.4) is 0 Å². The van der Waals surface area contributed by atoms with E-state index in [1.54, 1.807) is 12.1 Å². The van der Waals surface area contributed by atoms with E-state index in [-0.39, 0.29) is 0 Å². The van der Waals surface area contributed by atoms with Crippen molar-refractivity contribution >= 4 is 29.4 Å². The summed E-state index contributed by atoms with van der Waals surface area (Å²) in [7, 11) is 0. The molecule has 0 radical (unpaired) electrons. The summed E-state index contributed by atoms with van der Waals surface area (Å²) >= 11 is 0. The topological polar surface area (TPSA) is 130 Å². The van der Waals surface area contributed by atoms with Gasteiger partial charge in [-0.25, -0.2) is 0 Å². The summed E-state index contributed by atoms with van der Waals surface area (Å²) in [5.41, 5.74) is 7.52. The number of carbonyl (C=O) groups excluding carboxylic acids is 1. The van der Waals surface area contributed by atoms with E-state index in [9.17, 15) is 4.79 Å². The second kappa shape index (κ2) is 9.32. The van der Waals surface area contributed by atoms with Gasteiger partial charge in [0.2, 0.25) is 23.8 Å². The summed E-state index contributed by atoms with van der Waals surface area (Å²) < 4.78 is 0. The van der Waals surface area contributed by atoms with E-state index in [0.717, 1.165) is 50.1 Å². The summed E-state index contributed by atoms with van der Waals surface area (Å²) in [5.74, 6) is 0.973. The number of primary amides is 1. The molecule has 0 saturated carbocycles. The number of nitrogens with two attached hydrogens (primary N) is 1. The number of anilines is 4. The SMILES string of the molecule is CCCCNc1nc(Nc2cc(C(N)=O)ccc2C)nc(N[C@H]2CCNC2)n1. The Hall–Kier alpha value is -2.94. The van der Waals surface area contributed by atoms with E-state index < -0.39 is 5.91 Å². The number of hydrogen-bond acceptors (Lipinski definition) is 8. The average molecular weight is 384 g/mol. The monoisotopic (exact) mass is 384 g/mol. The number of hydrogen-bond donors (Lipinski definition) is 5. The van der Waals surface area contributed by atoms with Crippen LogP contribution in [0.5, 0.6) is 0 Å². The number of amides is 1. The molecule has 1 saturated heterocycles. The summed E-state index contributed by atoms with van der Waals surface area (Å²) in [6.07, 6.45) is 3.14. The molecular formula is C19H28N8O. The number of nitrogens with one attached hydrogen (secondary N) is 4. The Morgan fingerprint density at radius 1 is 1.25 bits per heavy atom. The zero-order valence-electron chi connectivity index (χ0n) is 16.4. The molecule has 1 aliphatic heterocycles. The van der Waals surface area contributed by atoms with Gasteiger partial charge in [-0.2, -0.15) is 15.0 Å². The second-order valence-corrected chi connectivity index (χ2v) is 6.94. The average Bonchev–Trinajstić information content (AvgIpc) is 3.16. The fourth-order valence-corrected chi connectivity index (χ4v) is 2.94. The predicted molar refractivity (Wildman–Crippen MR) is 111 cm³/mol. The largest absolute Gasteiger partial charge is 0.366 e. The van der Waals surface area contributed by atoms with Gasteiger partial charge in [0.25, 0.3) is 0 Å². The molecule has 28 heavy (non-hydrogen) atoms. The number of rotatable bonds is 9. The zero-order valence-corrected chi connectivity index (χ0v) is 16.4. The molecule has 1 aromatic heterocycles. The Morgan fingerprint density at radius 2 is 2.04 bits per heavy atom. The normalized spacial score (nSPS) is 16.0. The highest BCUT2D eigenvalue weighted by Crippen LogP contribution is 2.21. The van der Waals surface area contributed by atoms with Crippen LogP contribution >= 0.6 is 0 Å². The molecule has 9 nitrogen and oxygen atoms in total. The van der Waals surface area contributed by atoms with Crippen LogP contribution in [0, 0.1) is 6.92 Å². The maximum atomic E-state index is 11.5. The van der Waals surface area contributed by atoms with E-state index in [1.165, 1.54) is 0 Å². The van der Waals surface area contributed by atoms with Gasteiger partial charge in [0.05, 0.1) is 0 Å². The lowest BCUT2D eigenvalue weighted by Crippen LogP contribution is -2.24. The maximum absolute atomic E-state index is 11.5. The highest BCUT2D eigenvalue weighted by Gasteiger charge is 2.17. The number of aryl methyl sites for hydroxylation is 1. The smallest absolute Gasteiger partial charge is 0.248 e. The molecule has 3 rings (SSSR count). The lowest BCUT2D eigenvalue weighted by molar-refractivity contribution is 0.100. The second-order valence-electron chi connectivity index (χ2n) is 6.94. The number of aromatic nitrogens is 3. The Labute approximate surface area is 164 Å². The van der Waals surface area contributed by atoms with E-state index in [4.69, 9.17) is 5.73 Å². The summed E-state index contributed by atoms with van der Waals surface area (Å²) in [6.45, 7) is 6.73. The quantitative estimate of drug-likeness (QED) is 0.415. The first kappa shape index (κ1) is 19.8. The van der Waals surface area contributed by atoms with Gasteiger partial charge in [0.15, 0.2) is 0 Å². The predicted octanol–water partition coefficient (Wildman–Crippen LogP) is 2.01. The lowest BCUT2D eigenvalue weighted by Gasteiger charge is -2.15. The molecule has 1 aliphatic rings. The number of carbonyl (C=O) groups is 1. The van der Waals surface area contributed by atoms with Gasteiger partial charge in [-0.05, 0) is 44.0 Å². The van der Waals surface area contributed by atoms with E-state index in [1.807, 2.05) is 13.0 Å². The van der Waals surface area contributed by atoms with Crippen molar-refractivity contribution in [1.82, 2.24) is 20.3 Å². The van der Waals surface area contributed by atoms with Crippen LogP contribution in [-0.4, -0.2) is 46.5 Å². The molecule has 9 heteroatoms. The summed E-state index contributed by atoms with van der Waals surface area (Å²) in [5, 5.41) is 13.1. The van der Waals surface area contributed by atoms with Crippen LogP contribution in [0.2, 0.25) is 0 Å². The van der Waals surface area contributed by atoms with Crippen molar-refractivity contribution in [3.63, 3.8) is 0 Å². The van der Waals surface area contributed by atoms with Crippen LogP contribution in [-0.2, 0) is 0 Å². The molecular weight excluding hydrogens is 356 g/mol. The molecule has 2 aromatic rings. The number of unbranched alkanes of at least 4 members (excludes halogenated alkanes) is 1. The minimum atomic E-state index is -0.475. The van der Waals surface area contributed by atoms with Crippen LogP contribution in [0.4, 0.5) is 23.5 Å². The zero-order chi connectivity index (χ0) is 19.9. The Kier molecular flexibility index (Phi) is 6.59. The Balaban J connectivity index is 1.84. The molecule has 1 fully saturated rings. The maximum Gasteiger partial charge on any atom is 0.248 e. The van der Waals surface area contributed by atoms with Crippen LogP contribution in [0.25, 0.3) is 0 Å². The number of benzene rings is 1. The van der Waals surface area contributed by atoms with Gasteiger partial charge >= 0.3 is 0 Å². The lowest BCUT2D eigenvalue weighted by atomic mass is 10.1. The van der Waals surface area contributed by atoms with Crippen LogP contribution in [0.15, 0.2) is 18.2 Å². The van der Waals surface area contributed by atoms with E-state index in [0.29, 0.717) is 29.5 Å². The first-order valence-corrected chi connectivity index (χ1v) is 9.70. The highest BCUT2D eigenvalue weighted by atomic mass is 16.1. The van der Waals surface area contributed by atoms with Crippen LogP contribution < -0.4 is 27.0 Å². The molecule has 1 aromatic carbocycles. The Bertz CT molecular complexity index is 820. The summed E-state index contributed by atoms with van der Waals surface area (Å²) in [6, 6.07) is 5.54. The van der Waals surface area contributed by atoms with E-state index >= 15 is 0 Å². The third kappa shape index (κ3) is 5.29. The molecule has 150 valence electrons. The standard InChI is InChI=1S/C19H28N8O/c1-3-4-8-22-17-25-18(23-14-7-9-21-11-14)27-19(26-17)24-15-10-13(16(20)28)6-5-12(15)2/h5-6,10,14,21H,3-4,7-9,11H2,1-2H3,(H2,20,28)(H3,22,23,24,25,26,27)/t14-/m0/s1. The third-order valence-corrected chi connectivity index (χ3v) is 4.61. The fourth-order valence-electron chi connectivity index (χ4n) is 2.94. The molecule has 2 heterocycles. The fraction of sp³-hybridized carbons (Fsp3) is 0.474. The Morgan fingerprint density at radius 3 is 2.75 bits per heavy atom. The molecule has 0 spiro atoms.